The molecule has 0 saturated heterocycles. The number of rotatable bonds is 1. The number of hydrogen-bond donors (Lipinski definition) is 0. The van der Waals surface area contributed by atoms with Gasteiger partial charge in [-0.2, -0.15) is 0 Å². The first-order valence-corrected chi connectivity index (χ1v) is 10.4. The molecule has 2 heterocycles. The van der Waals surface area contributed by atoms with E-state index in [9.17, 15) is 9.18 Å². The van der Waals surface area contributed by atoms with Crippen LogP contribution < -0.4 is 4.90 Å². The van der Waals surface area contributed by atoms with Gasteiger partial charge in [0.15, 0.2) is 11.0 Å². The summed E-state index contributed by atoms with van der Waals surface area (Å²) in [6.07, 6.45) is 1.14. The summed E-state index contributed by atoms with van der Waals surface area (Å²) in [5, 5.41) is 1.42. The molecular formula is C22H18ClFN2OS. The average molecular weight is 413 g/mol. The number of halogens is 2. The molecule has 0 radical (unpaired) electrons. The van der Waals surface area contributed by atoms with E-state index in [4.69, 9.17) is 16.6 Å². The zero-order valence-corrected chi connectivity index (χ0v) is 17.1. The number of amidine groups is 1. The number of hydrogen-bond acceptors (Lipinski definition) is 4. The fourth-order valence-electron chi connectivity index (χ4n) is 4.29. The van der Waals surface area contributed by atoms with Gasteiger partial charge in [-0.1, -0.05) is 43.6 Å². The minimum atomic E-state index is -0.512. The van der Waals surface area contributed by atoms with Crippen LogP contribution in [0.4, 0.5) is 10.1 Å². The first-order chi connectivity index (χ1) is 13.3. The summed E-state index contributed by atoms with van der Waals surface area (Å²) >= 11 is 7.70. The van der Waals surface area contributed by atoms with Crippen molar-refractivity contribution in [2.45, 2.75) is 37.6 Å². The van der Waals surface area contributed by atoms with E-state index in [0.717, 1.165) is 21.4 Å². The molecule has 2 aromatic rings. The molecular weight excluding hydrogens is 395 g/mol. The maximum Gasteiger partial charge on any atom is 0.174 e. The predicted molar refractivity (Wildman–Crippen MR) is 111 cm³/mol. The summed E-state index contributed by atoms with van der Waals surface area (Å²) in [6, 6.07) is 11.8. The van der Waals surface area contributed by atoms with Gasteiger partial charge in [0.1, 0.15) is 5.82 Å². The van der Waals surface area contributed by atoms with Crippen LogP contribution in [-0.4, -0.2) is 11.0 Å². The number of carbonyl (C=O) groups excluding carboxylic acids is 1. The van der Waals surface area contributed by atoms with E-state index >= 15 is 0 Å². The van der Waals surface area contributed by atoms with E-state index in [1.54, 1.807) is 12.1 Å². The zero-order chi connectivity index (χ0) is 19.6. The first-order valence-electron chi connectivity index (χ1n) is 9.20. The smallest absolute Gasteiger partial charge is 0.174 e. The van der Waals surface area contributed by atoms with Crippen molar-refractivity contribution in [3.05, 3.63) is 70.1 Å². The molecule has 28 heavy (non-hydrogen) atoms. The van der Waals surface area contributed by atoms with Gasteiger partial charge in [-0.05, 0) is 47.9 Å². The summed E-state index contributed by atoms with van der Waals surface area (Å²) < 4.78 is 14.9. The molecule has 5 rings (SSSR count). The molecule has 142 valence electrons. The van der Waals surface area contributed by atoms with Gasteiger partial charge in [-0.15, -0.1) is 0 Å². The molecule has 3 nitrogen and oxygen atoms in total. The van der Waals surface area contributed by atoms with Gasteiger partial charge in [0.2, 0.25) is 0 Å². The van der Waals surface area contributed by atoms with Crippen LogP contribution in [0.3, 0.4) is 0 Å². The van der Waals surface area contributed by atoms with Crippen molar-refractivity contribution in [3.8, 4) is 0 Å². The van der Waals surface area contributed by atoms with E-state index in [1.165, 1.54) is 17.8 Å². The largest absolute Gasteiger partial charge is 0.308 e. The van der Waals surface area contributed by atoms with Crippen molar-refractivity contribution >= 4 is 40.0 Å². The lowest BCUT2D eigenvalue weighted by molar-refractivity contribution is -0.118. The Balaban J connectivity index is 1.75. The Morgan fingerprint density at radius 1 is 1.21 bits per heavy atom. The number of allylic oxidation sites excluding steroid dienone is 1. The Kier molecular flexibility index (Phi) is 3.97. The van der Waals surface area contributed by atoms with Crippen molar-refractivity contribution in [3.63, 3.8) is 0 Å². The van der Waals surface area contributed by atoms with Crippen LogP contribution in [0.15, 0.2) is 63.6 Å². The summed E-state index contributed by atoms with van der Waals surface area (Å²) in [6.45, 7) is 4.16. The van der Waals surface area contributed by atoms with Crippen molar-refractivity contribution in [2.75, 3.05) is 4.90 Å². The predicted octanol–water partition coefficient (Wildman–Crippen LogP) is 6.15. The van der Waals surface area contributed by atoms with Gasteiger partial charge in [0.05, 0.1) is 17.4 Å². The van der Waals surface area contributed by atoms with Crippen LogP contribution in [0.25, 0.3) is 0 Å². The fraction of sp³-hybridized carbons (Fsp3) is 0.273. The van der Waals surface area contributed by atoms with Crippen LogP contribution in [0.1, 0.15) is 38.3 Å². The highest BCUT2D eigenvalue weighted by atomic mass is 35.5. The van der Waals surface area contributed by atoms with Crippen LogP contribution in [0.5, 0.6) is 0 Å². The van der Waals surface area contributed by atoms with Crippen molar-refractivity contribution < 1.29 is 9.18 Å². The maximum absolute atomic E-state index is 14.9. The van der Waals surface area contributed by atoms with Gasteiger partial charge in [0, 0.05) is 27.5 Å². The highest BCUT2D eigenvalue weighted by Crippen LogP contribution is 2.53. The van der Waals surface area contributed by atoms with Crippen molar-refractivity contribution in [1.29, 1.82) is 0 Å². The summed E-state index contributed by atoms with van der Waals surface area (Å²) in [4.78, 5) is 21.0. The minimum Gasteiger partial charge on any atom is -0.308 e. The molecule has 2 aliphatic heterocycles. The van der Waals surface area contributed by atoms with Crippen molar-refractivity contribution in [1.82, 2.24) is 0 Å². The molecule has 0 saturated carbocycles. The highest BCUT2D eigenvalue weighted by Gasteiger charge is 2.46. The van der Waals surface area contributed by atoms with E-state index in [1.807, 2.05) is 29.2 Å². The summed E-state index contributed by atoms with van der Waals surface area (Å²) in [5.74, 6) is -0.264. The molecule has 0 bridgehead atoms. The second kappa shape index (κ2) is 6.19. The lowest BCUT2D eigenvalue weighted by atomic mass is 9.73. The quantitative estimate of drug-likeness (QED) is 0.563. The van der Waals surface area contributed by atoms with Gasteiger partial charge >= 0.3 is 0 Å². The van der Waals surface area contributed by atoms with Gasteiger partial charge in [-0.25, -0.2) is 9.38 Å². The maximum atomic E-state index is 14.9. The Morgan fingerprint density at radius 3 is 2.79 bits per heavy atom. The Labute approximate surface area is 172 Å². The molecule has 3 aliphatic rings. The van der Waals surface area contributed by atoms with Crippen LogP contribution in [-0.2, 0) is 4.79 Å². The molecule has 1 atom stereocenters. The molecule has 0 aromatic heterocycles. The Morgan fingerprint density at radius 2 is 2.00 bits per heavy atom. The third kappa shape index (κ3) is 2.72. The molecule has 1 aliphatic carbocycles. The first kappa shape index (κ1) is 18.0. The number of ketones is 1. The lowest BCUT2D eigenvalue weighted by Crippen LogP contribution is -2.41. The lowest BCUT2D eigenvalue weighted by Gasteiger charge is -2.40. The highest BCUT2D eigenvalue weighted by molar-refractivity contribution is 8.14. The number of nitrogens with zero attached hydrogens (tertiary/aromatic N) is 2. The number of fused-ring (bicyclic) bond motifs is 3. The number of benzene rings is 2. The molecule has 0 amide bonds. The average Bonchev–Trinajstić information content (AvgIpc) is 2.96. The number of Topliss-reactive ketones (excluding diaryl/α,β-unsaturated/α-hetero) is 1. The van der Waals surface area contributed by atoms with Gasteiger partial charge in [-0.3, -0.25) is 4.79 Å². The third-order valence-corrected chi connectivity index (χ3v) is 6.70. The second-order valence-electron chi connectivity index (χ2n) is 8.20. The molecule has 0 N–H and O–H groups in total. The van der Waals surface area contributed by atoms with Crippen LogP contribution >= 0.6 is 23.4 Å². The number of anilines is 1. The fourth-order valence-corrected chi connectivity index (χ4v) is 5.64. The van der Waals surface area contributed by atoms with Crippen LogP contribution in [0, 0.1) is 11.2 Å². The Bertz CT molecular complexity index is 1090. The normalized spacial score (nSPS) is 22.6. The SMILES string of the molecule is CC1(C)CC(=O)C2=C(C1)N=C1Sc3cc(Cl)ccc3N1C2c1ccccc1F. The van der Waals surface area contributed by atoms with E-state index in [0.29, 0.717) is 29.0 Å². The second-order valence-corrected chi connectivity index (χ2v) is 9.65. The monoisotopic (exact) mass is 412 g/mol. The molecule has 2 aromatic carbocycles. The topological polar surface area (TPSA) is 32.7 Å². The standard InChI is InChI=1S/C22H18ClFN2OS/c1-22(2)10-15-19(17(27)11-22)20(13-5-3-4-6-14(13)24)26-16-8-7-12(23)9-18(16)28-21(26)25-15/h3-9,20H,10-11H2,1-2H3. The number of aliphatic imine (C=N–C) groups is 1. The summed E-state index contributed by atoms with van der Waals surface area (Å²) in [5.41, 5.74) is 2.66. The van der Waals surface area contributed by atoms with E-state index < -0.39 is 6.04 Å². The number of carbonyl (C=O) groups is 1. The van der Waals surface area contributed by atoms with Gasteiger partial charge in [0.25, 0.3) is 0 Å². The van der Waals surface area contributed by atoms with Crippen LogP contribution in [0.2, 0.25) is 5.02 Å². The molecule has 6 heteroatoms. The molecule has 0 spiro atoms. The summed E-state index contributed by atoms with van der Waals surface area (Å²) in [7, 11) is 0. The van der Waals surface area contributed by atoms with E-state index in [2.05, 4.69) is 13.8 Å². The third-order valence-electron chi connectivity index (χ3n) is 5.45. The number of thioether (sulfide) groups is 1. The molecule has 0 fully saturated rings. The minimum absolute atomic E-state index is 0.0507. The van der Waals surface area contributed by atoms with Crippen molar-refractivity contribution in [2.24, 2.45) is 10.4 Å². The molecule has 1 unspecified atom stereocenters. The van der Waals surface area contributed by atoms with E-state index in [-0.39, 0.29) is 17.0 Å². The zero-order valence-electron chi connectivity index (χ0n) is 15.5. The van der Waals surface area contributed by atoms with Gasteiger partial charge < -0.3 is 4.90 Å². The Hall–Kier alpha value is -2.11.